The van der Waals surface area contributed by atoms with Crippen LogP contribution in [0.3, 0.4) is 0 Å². The SMILES string of the molecule is CN=C(NCc1cccc(CN2CCOCC2)c1)NC1CCN(C(=O)C(C)C)C1.I. The molecule has 2 aliphatic heterocycles. The second-order valence-corrected chi connectivity index (χ2v) is 8.20. The molecule has 0 aromatic heterocycles. The van der Waals surface area contributed by atoms with Gasteiger partial charge in [-0.25, -0.2) is 0 Å². The third-order valence-corrected chi connectivity index (χ3v) is 5.52. The molecule has 2 saturated heterocycles. The minimum Gasteiger partial charge on any atom is -0.379 e. The van der Waals surface area contributed by atoms with Gasteiger partial charge in [0.25, 0.3) is 0 Å². The Hall–Kier alpha value is -1.39. The summed E-state index contributed by atoms with van der Waals surface area (Å²) >= 11 is 0. The number of likely N-dealkylation sites (tertiary alicyclic amines) is 1. The van der Waals surface area contributed by atoms with E-state index in [0.29, 0.717) is 0 Å². The van der Waals surface area contributed by atoms with Crippen molar-refractivity contribution in [2.75, 3.05) is 46.4 Å². The van der Waals surface area contributed by atoms with Crippen molar-refractivity contribution in [1.29, 1.82) is 0 Å². The lowest BCUT2D eigenvalue weighted by Gasteiger charge is -2.26. The van der Waals surface area contributed by atoms with E-state index in [0.717, 1.165) is 64.9 Å². The molecule has 1 amide bonds. The van der Waals surface area contributed by atoms with Crippen LogP contribution in [0.5, 0.6) is 0 Å². The van der Waals surface area contributed by atoms with E-state index in [1.165, 1.54) is 11.1 Å². The van der Waals surface area contributed by atoms with E-state index in [1.54, 1.807) is 7.05 Å². The zero-order chi connectivity index (χ0) is 20.6. The standard InChI is InChI=1S/C22H35N5O2.HI/c1-17(2)21(28)27-8-7-20(16-27)25-22(23-3)24-14-18-5-4-6-19(13-18)15-26-9-11-29-12-10-26;/h4-6,13,17,20H,7-12,14-16H2,1-3H3,(H2,23,24,25);1H. The maximum atomic E-state index is 12.2. The van der Waals surface area contributed by atoms with Crippen LogP contribution in [0.15, 0.2) is 29.3 Å². The van der Waals surface area contributed by atoms with Crippen molar-refractivity contribution in [1.82, 2.24) is 20.4 Å². The molecule has 0 radical (unpaired) electrons. The fraction of sp³-hybridized carbons (Fsp3) is 0.636. The molecule has 2 heterocycles. The lowest BCUT2D eigenvalue weighted by atomic mass is 10.1. The number of ether oxygens (including phenoxy) is 1. The first kappa shape index (κ1) is 24.9. The molecule has 0 spiro atoms. The Morgan fingerprint density at radius 3 is 2.67 bits per heavy atom. The number of hydrogen-bond donors (Lipinski definition) is 2. The number of rotatable bonds is 6. The van der Waals surface area contributed by atoms with Crippen molar-refractivity contribution >= 4 is 35.8 Å². The highest BCUT2D eigenvalue weighted by Gasteiger charge is 2.27. The van der Waals surface area contributed by atoms with E-state index in [9.17, 15) is 4.79 Å². The normalized spacial score (nSPS) is 20.2. The van der Waals surface area contributed by atoms with Crippen LogP contribution in [0, 0.1) is 5.92 Å². The zero-order valence-corrected chi connectivity index (χ0v) is 20.7. The highest BCUT2D eigenvalue weighted by atomic mass is 127. The van der Waals surface area contributed by atoms with Crippen LogP contribution in [-0.2, 0) is 22.6 Å². The molecule has 1 aromatic carbocycles. The average Bonchev–Trinajstić information content (AvgIpc) is 3.20. The quantitative estimate of drug-likeness (QED) is 0.336. The summed E-state index contributed by atoms with van der Waals surface area (Å²) in [4.78, 5) is 20.9. The minimum atomic E-state index is 0. The van der Waals surface area contributed by atoms with Gasteiger partial charge in [-0.15, -0.1) is 24.0 Å². The minimum absolute atomic E-state index is 0. The summed E-state index contributed by atoms with van der Waals surface area (Å²) in [5.41, 5.74) is 2.56. The van der Waals surface area contributed by atoms with Crippen molar-refractivity contribution in [2.24, 2.45) is 10.9 Å². The van der Waals surface area contributed by atoms with Crippen LogP contribution in [0.1, 0.15) is 31.4 Å². The van der Waals surface area contributed by atoms with Gasteiger partial charge in [0.1, 0.15) is 0 Å². The van der Waals surface area contributed by atoms with Crippen molar-refractivity contribution in [2.45, 2.75) is 39.4 Å². The van der Waals surface area contributed by atoms with Gasteiger partial charge >= 0.3 is 0 Å². The van der Waals surface area contributed by atoms with Crippen molar-refractivity contribution in [3.05, 3.63) is 35.4 Å². The Bertz CT molecular complexity index is 707. The lowest BCUT2D eigenvalue weighted by molar-refractivity contribution is -0.133. The molecule has 0 aliphatic carbocycles. The molecule has 0 saturated carbocycles. The van der Waals surface area contributed by atoms with Crippen LogP contribution < -0.4 is 10.6 Å². The number of carbonyl (C=O) groups excluding carboxylic acids is 1. The molecule has 1 atom stereocenters. The number of benzene rings is 1. The molecule has 2 fully saturated rings. The Kier molecular flexibility index (Phi) is 10.3. The van der Waals surface area contributed by atoms with E-state index in [4.69, 9.17) is 4.74 Å². The first-order valence-corrected chi connectivity index (χ1v) is 10.7. The number of aliphatic imine (C=N–C) groups is 1. The van der Waals surface area contributed by atoms with Crippen LogP contribution in [0.25, 0.3) is 0 Å². The zero-order valence-electron chi connectivity index (χ0n) is 18.4. The molecule has 30 heavy (non-hydrogen) atoms. The second kappa shape index (κ2) is 12.5. The Morgan fingerprint density at radius 1 is 1.23 bits per heavy atom. The van der Waals surface area contributed by atoms with E-state index in [2.05, 4.69) is 44.8 Å². The van der Waals surface area contributed by atoms with Crippen molar-refractivity contribution in [3.8, 4) is 0 Å². The fourth-order valence-corrected chi connectivity index (χ4v) is 3.87. The van der Waals surface area contributed by atoms with Gasteiger partial charge in [-0.1, -0.05) is 38.1 Å². The predicted octanol–water partition coefficient (Wildman–Crippen LogP) is 2.06. The number of halogens is 1. The van der Waals surface area contributed by atoms with E-state index >= 15 is 0 Å². The van der Waals surface area contributed by atoms with Gasteiger partial charge in [-0.3, -0.25) is 14.7 Å². The largest absolute Gasteiger partial charge is 0.379 e. The van der Waals surface area contributed by atoms with E-state index in [-0.39, 0.29) is 41.8 Å². The maximum absolute atomic E-state index is 12.2. The number of amides is 1. The highest BCUT2D eigenvalue weighted by molar-refractivity contribution is 14.0. The van der Waals surface area contributed by atoms with Gasteiger partial charge in [0.15, 0.2) is 5.96 Å². The third kappa shape index (κ3) is 7.39. The van der Waals surface area contributed by atoms with Crippen LogP contribution >= 0.6 is 24.0 Å². The molecule has 2 N–H and O–H groups in total. The van der Waals surface area contributed by atoms with E-state index in [1.807, 2.05) is 18.7 Å². The number of hydrogen-bond acceptors (Lipinski definition) is 4. The molecule has 8 heteroatoms. The smallest absolute Gasteiger partial charge is 0.225 e. The Labute approximate surface area is 197 Å². The fourth-order valence-electron chi connectivity index (χ4n) is 3.87. The Morgan fingerprint density at radius 2 is 1.97 bits per heavy atom. The number of morpholine rings is 1. The van der Waals surface area contributed by atoms with Gasteiger partial charge in [0.2, 0.25) is 5.91 Å². The van der Waals surface area contributed by atoms with Crippen molar-refractivity contribution in [3.63, 3.8) is 0 Å². The predicted molar refractivity (Wildman–Crippen MR) is 131 cm³/mol. The van der Waals surface area contributed by atoms with Gasteiger partial charge in [0.05, 0.1) is 13.2 Å². The number of nitrogens with zero attached hydrogens (tertiary/aromatic N) is 3. The van der Waals surface area contributed by atoms with E-state index < -0.39 is 0 Å². The molecule has 2 aliphatic rings. The average molecular weight is 529 g/mol. The summed E-state index contributed by atoms with van der Waals surface area (Å²) in [5.74, 6) is 1.07. The Balaban J connectivity index is 0.00000320. The van der Waals surface area contributed by atoms with Gasteiger partial charge in [0, 0.05) is 58.3 Å². The molecule has 0 bridgehead atoms. The number of nitrogens with one attached hydrogen (secondary N) is 2. The molecular formula is C22H36IN5O2. The molecule has 7 nitrogen and oxygen atoms in total. The summed E-state index contributed by atoms with van der Waals surface area (Å²) < 4.78 is 5.43. The van der Waals surface area contributed by atoms with Crippen LogP contribution in [0.2, 0.25) is 0 Å². The summed E-state index contributed by atoms with van der Waals surface area (Å²) in [6.45, 7) is 10.8. The van der Waals surface area contributed by atoms with Gasteiger partial charge < -0.3 is 20.3 Å². The highest BCUT2D eigenvalue weighted by Crippen LogP contribution is 2.13. The first-order valence-electron chi connectivity index (χ1n) is 10.7. The first-order chi connectivity index (χ1) is 14.0. The van der Waals surface area contributed by atoms with Gasteiger partial charge in [-0.05, 0) is 17.5 Å². The van der Waals surface area contributed by atoms with Gasteiger partial charge in [-0.2, -0.15) is 0 Å². The molecule has 3 rings (SSSR count). The van der Waals surface area contributed by atoms with Crippen LogP contribution in [0.4, 0.5) is 0 Å². The second-order valence-electron chi connectivity index (χ2n) is 8.20. The summed E-state index contributed by atoms with van der Waals surface area (Å²) in [7, 11) is 1.79. The maximum Gasteiger partial charge on any atom is 0.225 e. The molecular weight excluding hydrogens is 493 g/mol. The summed E-state index contributed by atoms with van der Waals surface area (Å²) in [6, 6.07) is 8.95. The number of guanidine groups is 1. The lowest BCUT2D eigenvalue weighted by Crippen LogP contribution is -2.45. The monoisotopic (exact) mass is 529 g/mol. The summed E-state index contributed by atoms with van der Waals surface area (Å²) in [6.07, 6.45) is 0.953. The topological polar surface area (TPSA) is 69.2 Å². The molecule has 1 unspecified atom stereocenters. The van der Waals surface area contributed by atoms with Crippen molar-refractivity contribution < 1.29 is 9.53 Å². The number of carbonyl (C=O) groups is 1. The molecule has 168 valence electrons. The third-order valence-electron chi connectivity index (χ3n) is 5.52. The van der Waals surface area contributed by atoms with Crippen LogP contribution in [-0.4, -0.2) is 74.1 Å². The summed E-state index contributed by atoms with van der Waals surface area (Å²) in [5, 5.41) is 6.87. The molecule has 1 aromatic rings.